The van der Waals surface area contributed by atoms with Gasteiger partial charge in [-0.25, -0.2) is 0 Å². The maximum atomic E-state index is 5.59. The smallest absolute Gasteiger partial charge is 0.104 e. The van der Waals surface area contributed by atoms with E-state index < -0.39 is 0 Å². The highest BCUT2D eigenvalue weighted by atomic mass is 16.6. The van der Waals surface area contributed by atoms with Crippen LogP contribution in [0.5, 0.6) is 0 Å². The van der Waals surface area contributed by atoms with Gasteiger partial charge in [0.25, 0.3) is 0 Å². The molecule has 1 fully saturated rings. The SMILES string of the molecule is CCC(C)(C)CCCOC1COC1. The molecule has 78 valence electrons. The molecule has 1 saturated heterocycles. The lowest BCUT2D eigenvalue weighted by atomic mass is 9.85. The van der Waals surface area contributed by atoms with Crippen molar-refractivity contribution in [2.45, 2.75) is 46.1 Å². The summed E-state index contributed by atoms with van der Waals surface area (Å²) in [6.45, 7) is 9.39. The fourth-order valence-corrected chi connectivity index (χ4v) is 1.29. The summed E-state index contributed by atoms with van der Waals surface area (Å²) in [5, 5.41) is 0. The van der Waals surface area contributed by atoms with Crippen molar-refractivity contribution >= 4 is 0 Å². The quantitative estimate of drug-likeness (QED) is 0.594. The molecule has 0 bridgehead atoms. The van der Waals surface area contributed by atoms with Gasteiger partial charge in [0.15, 0.2) is 0 Å². The Labute approximate surface area is 81.6 Å². The molecular formula is C11H22O2. The summed E-state index contributed by atoms with van der Waals surface area (Å²) in [6.07, 6.45) is 4.08. The van der Waals surface area contributed by atoms with Crippen molar-refractivity contribution in [3.8, 4) is 0 Å². The molecule has 0 aromatic heterocycles. The topological polar surface area (TPSA) is 18.5 Å². The van der Waals surface area contributed by atoms with Gasteiger partial charge >= 0.3 is 0 Å². The van der Waals surface area contributed by atoms with Gasteiger partial charge in [0.05, 0.1) is 13.2 Å². The first-order valence-corrected chi connectivity index (χ1v) is 5.33. The molecule has 2 nitrogen and oxygen atoms in total. The van der Waals surface area contributed by atoms with Gasteiger partial charge in [0.1, 0.15) is 6.10 Å². The molecule has 1 heterocycles. The Balaban J connectivity index is 1.93. The second-order valence-corrected chi connectivity index (χ2v) is 4.65. The third-order valence-corrected chi connectivity index (χ3v) is 2.92. The Bertz CT molecular complexity index is 139. The van der Waals surface area contributed by atoms with Crippen LogP contribution >= 0.6 is 0 Å². The maximum absolute atomic E-state index is 5.59. The summed E-state index contributed by atoms with van der Waals surface area (Å²) < 4.78 is 10.6. The first-order chi connectivity index (χ1) is 6.14. The predicted molar refractivity (Wildman–Crippen MR) is 53.9 cm³/mol. The van der Waals surface area contributed by atoms with Crippen LogP contribution in [0.4, 0.5) is 0 Å². The van der Waals surface area contributed by atoms with Gasteiger partial charge in [-0.1, -0.05) is 27.2 Å². The van der Waals surface area contributed by atoms with Crippen LogP contribution in [0, 0.1) is 5.41 Å². The molecule has 0 unspecified atom stereocenters. The average molecular weight is 186 g/mol. The molecule has 0 N–H and O–H groups in total. The summed E-state index contributed by atoms with van der Waals surface area (Å²) in [4.78, 5) is 0. The third kappa shape index (κ3) is 4.10. The summed E-state index contributed by atoms with van der Waals surface area (Å²) in [5.74, 6) is 0. The van der Waals surface area contributed by atoms with E-state index in [4.69, 9.17) is 9.47 Å². The summed E-state index contributed by atoms with van der Waals surface area (Å²) in [5.41, 5.74) is 0.486. The number of ether oxygens (including phenoxy) is 2. The molecule has 2 heteroatoms. The molecule has 0 aliphatic carbocycles. The zero-order valence-electron chi connectivity index (χ0n) is 9.14. The van der Waals surface area contributed by atoms with Crippen LogP contribution < -0.4 is 0 Å². The van der Waals surface area contributed by atoms with Crippen molar-refractivity contribution in [2.24, 2.45) is 5.41 Å². The minimum atomic E-state index is 0.393. The second-order valence-electron chi connectivity index (χ2n) is 4.65. The van der Waals surface area contributed by atoms with Crippen molar-refractivity contribution in [3.63, 3.8) is 0 Å². The molecular weight excluding hydrogens is 164 g/mol. The first kappa shape index (κ1) is 11.0. The molecule has 0 radical (unpaired) electrons. The van der Waals surface area contributed by atoms with E-state index in [0.717, 1.165) is 19.8 Å². The molecule has 0 aromatic carbocycles. The van der Waals surface area contributed by atoms with Gasteiger partial charge in [-0.15, -0.1) is 0 Å². The molecule has 1 aliphatic heterocycles. The highest BCUT2D eigenvalue weighted by molar-refractivity contribution is 4.67. The molecule has 1 rings (SSSR count). The van der Waals surface area contributed by atoms with Crippen LogP contribution in [-0.4, -0.2) is 25.9 Å². The molecule has 1 aliphatic rings. The standard InChI is InChI=1S/C11H22O2/c1-4-11(2,3)6-5-7-13-10-8-12-9-10/h10H,4-9H2,1-3H3. The van der Waals surface area contributed by atoms with E-state index in [9.17, 15) is 0 Å². The van der Waals surface area contributed by atoms with Crippen LogP contribution in [0.3, 0.4) is 0 Å². The number of hydrogen-bond acceptors (Lipinski definition) is 2. The zero-order valence-corrected chi connectivity index (χ0v) is 9.14. The van der Waals surface area contributed by atoms with E-state index >= 15 is 0 Å². The largest absolute Gasteiger partial charge is 0.376 e. The van der Waals surface area contributed by atoms with Crippen molar-refractivity contribution in [1.82, 2.24) is 0 Å². The van der Waals surface area contributed by atoms with Gasteiger partial charge in [-0.2, -0.15) is 0 Å². The lowest BCUT2D eigenvalue weighted by molar-refractivity contribution is -0.130. The Morgan fingerprint density at radius 2 is 2.08 bits per heavy atom. The minimum absolute atomic E-state index is 0.393. The fourth-order valence-electron chi connectivity index (χ4n) is 1.29. The number of hydrogen-bond donors (Lipinski definition) is 0. The van der Waals surface area contributed by atoms with E-state index in [2.05, 4.69) is 20.8 Å². The van der Waals surface area contributed by atoms with Gasteiger partial charge in [0, 0.05) is 6.61 Å². The molecule has 0 spiro atoms. The van der Waals surface area contributed by atoms with E-state index in [1.165, 1.54) is 19.3 Å². The minimum Gasteiger partial charge on any atom is -0.376 e. The lowest BCUT2D eigenvalue weighted by Gasteiger charge is -2.27. The highest BCUT2D eigenvalue weighted by Crippen LogP contribution is 2.25. The predicted octanol–water partition coefficient (Wildman–Crippen LogP) is 2.62. The Morgan fingerprint density at radius 3 is 2.54 bits per heavy atom. The molecule has 0 saturated carbocycles. The van der Waals surface area contributed by atoms with Gasteiger partial charge in [-0.05, 0) is 18.3 Å². The van der Waals surface area contributed by atoms with E-state index in [1.54, 1.807) is 0 Å². The fraction of sp³-hybridized carbons (Fsp3) is 1.00. The molecule has 0 atom stereocenters. The molecule has 13 heavy (non-hydrogen) atoms. The lowest BCUT2D eigenvalue weighted by Crippen LogP contribution is -2.36. The van der Waals surface area contributed by atoms with E-state index in [0.29, 0.717) is 11.5 Å². The maximum Gasteiger partial charge on any atom is 0.104 e. The Kier molecular flexibility index (Phi) is 4.20. The Morgan fingerprint density at radius 1 is 1.38 bits per heavy atom. The normalized spacial score (nSPS) is 18.7. The van der Waals surface area contributed by atoms with Crippen molar-refractivity contribution in [3.05, 3.63) is 0 Å². The van der Waals surface area contributed by atoms with Crippen LogP contribution in [0.15, 0.2) is 0 Å². The van der Waals surface area contributed by atoms with Crippen LogP contribution in [-0.2, 0) is 9.47 Å². The summed E-state index contributed by atoms with van der Waals surface area (Å²) in [7, 11) is 0. The summed E-state index contributed by atoms with van der Waals surface area (Å²) in [6, 6.07) is 0. The van der Waals surface area contributed by atoms with E-state index in [-0.39, 0.29) is 0 Å². The van der Waals surface area contributed by atoms with Crippen LogP contribution in [0.25, 0.3) is 0 Å². The molecule has 0 amide bonds. The van der Waals surface area contributed by atoms with Crippen LogP contribution in [0.1, 0.15) is 40.0 Å². The Hall–Kier alpha value is -0.0800. The monoisotopic (exact) mass is 186 g/mol. The second kappa shape index (κ2) is 4.97. The van der Waals surface area contributed by atoms with Crippen molar-refractivity contribution < 1.29 is 9.47 Å². The third-order valence-electron chi connectivity index (χ3n) is 2.92. The molecule has 0 aromatic rings. The highest BCUT2D eigenvalue weighted by Gasteiger charge is 2.19. The van der Waals surface area contributed by atoms with Gasteiger partial charge in [0.2, 0.25) is 0 Å². The van der Waals surface area contributed by atoms with E-state index in [1.807, 2.05) is 0 Å². The van der Waals surface area contributed by atoms with Gasteiger partial charge in [-0.3, -0.25) is 0 Å². The number of rotatable bonds is 6. The van der Waals surface area contributed by atoms with Crippen molar-refractivity contribution in [1.29, 1.82) is 0 Å². The van der Waals surface area contributed by atoms with Gasteiger partial charge < -0.3 is 9.47 Å². The summed E-state index contributed by atoms with van der Waals surface area (Å²) >= 11 is 0. The first-order valence-electron chi connectivity index (χ1n) is 5.33. The zero-order chi connectivity index (χ0) is 9.73. The van der Waals surface area contributed by atoms with Crippen LogP contribution in [0.2, 0.25) is 0 Å². The average Bonchev–Trinajstić information content (AvgIpc) is 2.01. The van der Waals surface area contributed by atoms with Crippen molar-refractivity contribution in [2.75, 3.05) is 19.8 Å².